The second kappa shape index (κ2) is 30.0. The first-order valence-corrected chi connectivity index (χ1v) is 21.6. The number of carbonyl (C=O) groups excluding carboxylic acids is 7. The Bertz CT molecular complexity index is 1760. The van der Waals surface area contributed by atoms with Gasteiger partial charge in [-0.15, -0.1) is 0 Å². The number of carboxylic acids is 1. The molecule has 0 saturated carbocycles. The Labute approximate surface area is 376 Å². The summed E-state index contributed by atoms with van der Waals surface area (Å²) < 4.78 is 0. The average molecular weight is 921 g/mol. The van der Waals surface area contributed by atoms with Crippen molar-refractivity contribution in [2.24, 2.45) is 28.7 Å². The largest absolute Gasteiger partial charge is 0.477 e. The highest BCUT2D eigenvalue weighted by atomic mass is 16.4. The number of nitrogens with zero attached hydrogens (tertiary/aromatic N) is 2. The SMILES string of the molecule is N=C(N)NCC/C=C(\NC(=O)[C@H](CCCCN)NC(=O)[C@H](Cc1cnc[nH]1)NC(=O)[C@@H]1CCCN1C(=O)[C@@H](CCCN)NC(=O)CNC(=O)C(CCCN)NC(=O)C[C@@H](O)CN)C(=O)O. The zero-order valence-electron chi connectivity index (χ0n) is 36.6. The van der Waals surface area contributed by atoms with Gasteiger partial charge in [-0.25, -0.2) is 9.78 Å². The van der Waals surface area contributed by atoms with Crippen LogP contribution in [0.3, 0.4) is 0 Å². The van der Waals surface area contributed by atoms with E-state index in [0.717, 1.165) is 0 Å². The monoisotopic (exact) mass is 921 g/mol. The number of imidazole rings is 1. The van der Waals surface area contributed by atoms with Crippen LogP contribution in [0.25, 0.3) is 0 Å². The summed E-state index contributed by atoms with van der Waals surface area (Å²) in [6.45, 7) is 0.194. The molecule has 26 heteroatoms. The molecule has 1 saturated heterocycles. The van der Waals surface area contributed by atoms with Gasteiger partial charge in [-0.1, -0.05) is 6.08 Å². The first kappa shape index (κ1) is 54.9. The summed E-state index contributed by atoms with van der Waals surface area (Å²) in [6, 6.07) is -5.89. The van der Waals surface area contributed by atoms with E-state index in [2.05, 4.69) is 47.2 Å². The molecule has 0 aromatic carbocycles. The summed E-state index contributed by atoms with van der Waals surface area (Å²) in [5, 5.41) is 44.5. The topological polar surface area (TPSA) is 447 Å². The number of carbonyl (C=O) groups is 8. The van der Waals surface area contributed by atoms with E-state index >= 15 is 0 Å². The van der Waals surface area contributed by atoms with E-state index in [4.69, 9.17) is 34.1 Å². The predicted octanol–water partition coefficient (Wildman–Crippen LogP) is -5.73. The Hall–Kier alpha value is -6.22. The van der Waals surface area contributed by atoms with Gasteiger partial charge in [0.2, 0.25) is 41.4 Å². The standard InChI is InChI=1S/C39H68N16O10/c40-12-2-1-7-26(34(60)53-28(38(64)65)10-5-15-47-39(44)45)52-35(61)29(17-23-20-46-22-49-23)54-36(62)30-11-6-16-55(30)37(63)27(9-4-14-42)51-32(58)21-48-33(59)25(8-3-13-41)50-31(57)18-24(56)19-43/h10,20,22,24-27,29-30,56H,1-9,11-19,21,40-43H2,(H,46,49)(H,48,59)(H,50,57)(H,51,58)(H,52,61)(H,53,60)(H,54,62)(H,64,65)(H4,44,45,47)/b28-10-/t24-,25?,26+,27-,29+,30+/m1/s1. The fourth-order valence-corrected chi connectivity index (χ4v) is 6.72. The molecule has 0 bridgehead atoms. The van der Waals surface area contributed by atoms with Crippen molar-refractivity contribution in [2.75, 3.05) is 45.8 Å². The van der Waals surface area contributed by atoms with Gasteiger partial charge in [-0.05, 0) is 83.8 Å². The number of aliphatic hydroxyl groups excluding tert-OH is 1. The number of rotatable bonds is 31. The molecule has 0 spiro atoms. The van der Waals surface area contributed by atoms with Gasteiger partial charge in [-0.2, -0.15) is 0 Å². The molecule has 0 radical (unpaired) electrons. The average Bonchev–Trinajstić information content (AvgIpc) is 3.99. The van der Waals surface area contributed by atoms with Crippen molar-refractivity contribution >= 4 is 53.3 Å². The lowest BCUT2D eigenvalue weighted by molar-refractivity contribution is -0.142. The number of hydrogen-bond acceptors (Lipinski definition) is 15. The quantitative estimate of drug-likeness (QED) is 0.0143. The van der Waals surface area contributed by atoms with Crippen molar-refractivity contribution in [1.82, 2.24) is 52.1 Å². The smallest absolute Gasteiger partial charge is 0.352 e. The van der Waals surface area contributed by atoms with Crippen LogP contribution < -0.4 is 65.9 Å². The maximum Gasteiger partial charge on any atom is 0.352 e. The summed E-state index contributed by atoms with van der Waals surface area (Å²) in [5.41, 5.74) is 27.6. The van der Waals surface area contributed by atoms with Gasteiger partial charge < -0.3 is 86.0 Å². The van der Waals surface area contributed by atoms with E-state index in [1.54, 1.807) is 0 Å². The second-order valence-corrected chi connectivity index (χ2v) is 15.3. The molecule has 26 nitrogen and oxygen atoms in total. The van der Waals surface area contributed by atoms with Gasteiger partial charge in [0.05, 0.1) is 25.4 Å². The zero-order valence-corrected chi connectivity index (χ0v) is 36.6. The molecule has 65 heavy (non-hydrogen) atoms. The normalized spacial score (nSPS) is 15.9. The highest BCUT2D eigenvalue weighted by Crippen LogP contribution is 2.20. The first-order chi connectivity index (χ1) is 31.0. The Morgan fingerprint density at radius 1 is 0.831 bits per heavy atom. The minimum Gasteiger partial charge on any atom is -0.477 e. The summed E-state index contributed by atoms with van der Waals surface area (Å²) >= 11 is 0. The molecule has 1 aliphatic heterocycles. The van der Waals surface area contributed by atoms with Crippen LogP contribution in [0.2, 0.25) is 0 Å². The van der Waals surface area contributed by atoms with Crippen LogP contribution in [-0.4, -0.2) is 160 Å². The predicted molar refractivity (Wildman–Crippen MR) is 235 cm³/mol. The van der Waals surface area contributed by atoms with Crippen molar-refractivity contribution in [3.05, 3.63) is 30.0 Å². The van der Waals surface area contributed by atoms with E-state index in [1.807, 2.05) is 0 Å². The number of amides is 7. The number of aromatic amines is 1. The van der Waals surface area contributed by atoms with E-state index in [9.17, 15) is 48.6 Å². The van der Waals surface area contributed by atoms with Gasteiger partial charge >= 0.3 is 5.97 Å². The maximum atomic E-state index is 14.1. The number of aliphatic carboxylic acids is 1. The molecule has 2 heterocycles. The molecule has 0 aliphatic carbocycles. The molecule has 21 N–H and O–H groups in total. The molecular formula is C39H68N16O10. The van der Waals surface area contributed by atoms with E-state index in [0.29, 0.717) is 37.8 Å². The van der Waals surface area contributed by atoms with Crippen LogP contribution in [0.15, 0.2) is 24.3 Å². The van der Waals surface area contributed by atoms with Crippen molar-refractivity contribution in [3.63, 3.8) is 0 Å². The third kappa shape index (κ3) is 20.4. The van der Waals surface area contributed by atoms with Crippen molar-refractivity contribution in [1.29, 1.82) is 5.41 Å². The maximum absolute atomic E-state index is 14.1. The number of likely N-dealkylation sites (tertiary alicyclic amines) is 1. The highest BCUT2D eigenvalue weighted by molar-refractivity contribution is 5.98. The molecule has 1 aliphatic rings. The highest BCUT2D eigenvalue weighted by Gasteiger charge is 2.39. The van der Waals surface area contributed by atoms with Crippen LogP contribution in [0.5, 0.6) is 0 Å². The summed E-state index contributed by atoms with van der Waals surface area (Å²) in [6.07, 6.45) is 4.99. The number of unbranched alkanes of at least 4 members (excludes halogenated alkanes) is 1. The van der Waals surface area contributed by atoms with Gasteiger partial charge in [0.25, 0.3) is 0 Å². The molecular weight excluding hydrogens is 853 g/mol. The van der Waals surface area contributed by atoms with Crippen molar-refractivity contribution < 1.29 is 48.6 Å². The Morgan fingerprint density at radius 3 is 2.09 bits per heavy atom. The molecule has 1 unspecified atom stereocenters. The zero-order chi connectivity index (χ0) is 48.3. The van der Waals surface area contributed by atoms with Gasteiger partial charge in [-0.3, -0.25) is 39.0 Å². The molecule has 6 atom stereocenters. The number of guanidine groups is 1. The number of nitrogens with one attached hydrogen (secondary N) is 9. The number of carboxylic acid groups (broad SMARTS) is 1. The second-order valence-electron chi connectivity index (χ2n) is 15.3. The summed E-state index contributed by atoms with van der Waals surface area (Å²) in [4.78, 5) is 114. The van der Waals surface area contributed by atoms with Crippen LogP contribution >= 0.6 is 0 Å². The number of aliphatic hydroxyl groups is 1. The number of hydrogen-bond donors (Lipinski definition) is 16. The Morgan fingerprint density at radius 2 is 1.48 bits per heavy atom. The Kier molecular flexibility index (Phi) is 25.4. The number of aromatic nitrogens is 2. The molecule has 1 aromatic rings. The van der Waals surface area contributed by atoms with E-state index < -0.39 is 95.9 Å². The number of H-pyrrole nitrogens is 1. The minimum absolute atomic E-state index is 0.0639. The van der Waals surface area contributed by atoms with Gasteiger partial charge in [0, 0.05) is 37.9 Å². The molecule has 1 aromatic heterocycles. The summed E-state index contributed by atoms with van der Waals surface area (Å²) in [5.74, 6) is -6.77. The summed E-state index contributed by atoms with van der Waals surface area (Å²) in [7, 11) is 0. The van der Waals surface area contributed by atoms with E-state index in [-0.39, 0.29) is 90.2 Å². The molecule has 364 valence electrons. The lowest BCUT2D eigenvalue weighted by Gasteiger charge is -2.30. The molecule has 2 rings (SSSR count). The third-order valence-electron chi connectivity index (χ3n) is 10.1. The fourth-order valence-electron chi connectivity index (χ4n) is 6.72. The van der Waals surface area contributed by atoms with Crippen LogP contribution in [0, 0.1) is 5.41 Å². The lowest BCUT2D eigenvalue weighted by Crippen LogP contribution is -2.58. The van der Waals surface area contributed by atoms with Crippen molar-refractivity contribution in [2.45, 2.75) is 113 Å². The van der Waals surface area contributed by atoms with Gasteiger partial charge in [0.15, 0.2) is 5.96 Å². The molecule has 1 fully saturated rings. The third-order valence-corrected chi connectivity index (χ3v) is 10.1. The van der Waals surface area contributed by atoms with Crippen LogP contribution in [-0.2, 0) is 44.8 Å². The Balaban J connectivity index is 2.24. The van der Waals surface area contributed by atoms with Crippen molar-refractivity contribution in [3.8, 4) is 0 Å². The van der Waals surface area contributed by atoms with Crippen LogP contribution in [0.4, 0.5) is 0 Å². The lowest BCUT2D eigenvalue weighted by atomic mass is 10.1. The first-order valence-electron chi connectivity index (χ1n) is 21.6. The fraction of sp³-hybridized carbons (Fsp3) is 0.641. The van der Waals surface area contributed by atoms with Crippen LogP contribution in [0.1, 0.15) is 76.3 Å². The minimum atomic E-state index is -1.45. The molecule has 7 amide bonds. The number of nitrogens with two attached hydrogens (primary N) is 5. The van der Waals surface area contributed by atoms with Gasteiger partial charge in [0.1, 0.15) is 35.9 Å². The van der Waals surface area contributed by atoms with E-state index in [1.165, 1.54) is 23.5 Å².